The monoisotopic (exact) mass is 293 g/mol. The molecule has 0 amide bonds. The Bertz CT molecular complexity index is 708. The third kappa shape index (κ3) is 3.06. The number of carbonyl (C=O) groups is 2. The number of hydrogen-bond donors (Lipinski definition) is 0. The molecule has 3 rings (SSSR count). The summed E-state index contributed by atoms with van der Waals surface area (Å²) in [6, 6.07) is 18.2. The van der Waals surface area contributed by atoms with Crippen LogP contribution in [0.5, 0.6) is 0 Å². The quantitative estimate of drug-likeness (QED) is 0.872. The molecule has 0 unspecified atom stereocenters. The first-order chi connectivity index (χ1) is 10.7. The summed E-state index contributed by atoms with van der Waals surface area (Å²) in [5, 5.41) is 1.49. The summed E-state index contributed by atoms with van der Waals surface area (Å²) >= 11 is 0. The lowest BCUT2D eigenvalue weighted by molar-refractivity contribution is -0.119. The van der Waals surface area contributed by atoms with Crippen molar-refractivity contribution in [3.63, 3.8) is 0 Å². The fraction of sp³-hybridized carbons (Fsp3) is 0.111. The van der Waals surface area contributed by atoms with Crippen LogP contribution in [0.3, 0.4) is 0 Å². The zero-order valence-electron chi connectivity index (χ0n) is 11.9. The Hall–Kier alpha value is -2.88. The standard InChI is InChI=1S/C18H15NO3/c20-16-11-12-19(17(13-16)14-7-3-1-4-8-14)22-18(21)15-9-5-2-6-10-15/h1-10,13H,11-12H2. The normalized spacial score (nSPS) is 14.5. The molecule has 0 saturated carbocycles. The highest BCUT2D eigenvalue weighted by atomic mass is 16.7. The molecule has 0 bridgehead atoms. The number of hydrogen-bond acceptors (Lipinski definition) is 4. The Kier molecular flexibility index (Phi) is 4.01. The molecule has 110 valence electrons. The number of hydroxylamine groups is 2. The van der Waals surface area contributed by atoms with Crippen LogP contribution in [0, 0.1) is 0 Å². The first-order valence-corrected chi connectivity index (χ1v) is 7.09. The van der Waals surface area contributed by atoms with E-state index in [0.717, 1.165) is 5.56 Å². The Labute approximate surface area is 128 Å². The molecule has 0 atom stereocenters. The second kappa shape index (κ2) is 6.26. The molecule has 1 heterocycles. The first-order valence-electron chi connectivity index (χ1n) is 7.09. The molecule has 4 heteroatoms. The molecule has 22 heavy (non-hydrogen) atoms. The van der Waals surface area contributed by atoms with E-state index in [-0.39, 0.29) is 5.78 Å². The van der Waals surface area contributed by atoms with E-state index >= 15 is 0 Å². The predicted octanol–water partition coefficient (Wildman–Crippen LogP) is 3.07. The van der Waals surface area contributed by atoms with Gasteiger partial charge in [-0.25, -0.2) is 9.86 Å². The van der Waals surface area contributed by atoms with Crippen molar-refractivity contribution in [2.75, 3.05) is 6.54 Å². The van der Waals surface area contributed by atoms with Crippen molar-refractivity contribution < 1.29 is 14.4 Å². The zero-order valence-corrected chi connectivity index (χ0v) is 11.9. The minimum absolute atomic E-state index is 0.0332. The van der Waals surface area contributed by atoms with Crippen LogP contribution >= 0.6 is 0 Å². The number of carbonyl (C=O) groups excluding carboxylic acids is 2. The summed E-state index contributed by atoms with van der Waals surface area (Å²) < 4.78 is 0. The van der Waals surface area contributed by atoms with Gasteiger partial charge in [-0.3, -0.25) is 4.79 Å². The van der Waals surface area contributed by atoms with Gasteiger partial charge in [-0.1, -0.05) is 48.5 Å². The van der Waals surface area contributed by atoms with Gasteiger partial charge in [0.05, 0.1) is 17.8 Å². The number of ketones is 1. The highest BCUT2D eigenvalue weighted by molar-refractivity contribution is 5.98. The molecule has 4 nitrogen and oxygen atoms in total. The second-order valence-corrected chi connectivity index (χ2v) is 4.96. The van der Waals surface area contributed by atoms with Crippen LogP contribution in [0.1, 0.15) is 22.3 Å². The molecule has 0 N–H and O–H groups in total. The first kappa shape index (κ1) is 14.1. The van der Waals surface area contributed by atoms with Crippen LogP contribution in [-0.2, 0) is 9.63 Å². The van der Waals surface area contributed by atoms with E-state index in [0.29, 0.717) is 24.2 Å². The van der Waals surface area contributed by atoms with E-state index in [1.165, 1.54) is 11.1 Å². The van der Waals surface area contributed by atoms with E-state index in [1.54, 1.807) is 24.3 Å². The molecule has 0 radical (unpaired) electrons. The lowest BCUT2D eigenvalue weighted by Crippen LogP contribution is -2.31. The number of nitrogens with zero attached hydrogens (tertiary/aromatic N) is 1. The van der Waals surface area contributed by atoms with Gasteiger partial charge in [-0.15, -0.1) is 0 Å². The maximum absolute atomic E-state index is 12.2. The van der Waals surface area contributed by atoms with Crippen molar-refractivity contribution in [2.24, 2.45) is 0 Å². The van der Waals surface area contributed by atoms with Crippen molar-refractivity contribution in [1.29, 1.82) is 0 Å². The maximum atomic E-state index is 12.2. The summed E-state index contributed by atoms with van der Waals surface area (Å²) in [4.78, 5) is 29.4. The van der Waals surface area contributed by atoms with E-state index in [1.807, 2.05) is 36.4 Å². The Morgan fingerprint density at radius 3 is 2.27 bits per heavy atom. The number of benzene rings is 2. The minimum Gasteiger partial charge on any atom is -0.335 e. The SMILES string of the molecule is O=C1C=C(c2ccccc2)N(OC(=O)c2ccccc2)CC1. The van der Waals surface area contributed by atoms with Crippen LogP contribution in [0.4, 0.5) is 0 Å². The molecule has 1 aliphatic rings. The molecule has 0 fully saturated rings. The second-order valence-electron chi connectivity index (χ2n) is 4.96. The largest absolute Gasteiger partial charge is 0.363 e. The van der Waals surface area contributed by atoms with Crippen LogP contribution < -0.4 is 0 Å². The van der Waals surface area contributed by atoms with Gasteiger partial charge >= 0.3 is 5.97 Å². The average molecular weight is 293 g/mol. The summed E-state index contributed by atoms with van der Waals surface area (Å²) in [6.45, 7) is 0.359. The van der Waals surface area contributed by atoms with Crippen LogP contribution in [-0.4, -0.2) is 23.4 Å². The van der Waals surface area contributed by atoms with E-state index in [4.69, 9.17) is 4.84 Å². The van der Waals surface area contributed by atoms with Crippen molar-refractivity contribution >= 4 is 17.4 Å². The fourth-order valence-corrected chi connectivity index (χ4v) is 2.29. The molecule has 0 aromatic heterocycles. The van der Waals surface area contributed by atoms with Crippen LogP contribution in [0.15, 0.2) is 66.7 Å². The van der Waals surface area contributed by atoms with Crippen molar-refractivity contribution in [3.05, 3.63) is 77.9 Å². The van der Waals surface area contributed by atoms with Gasteiger partial charge < -0.3 is 4.84 Å². The summed E-state index contributed by atoms with van der Waals surface area (Å²) in [6.07, 6.45) is 1.86. The predicted molar refractivity (Wildman–Crippen MR) is 82.6 cm³/mol. The van der Waals surface area contributed by atoms with E-state index < -0.39 is 5.97 Å². The van der Waals surface area contributed by atoms with Gasteiger partial charge in [0.25, 0.3) is 0 Å². The summed E-state index contributed by atoms with van der Waals surface area (Å²) in [5.74, 6) is -0.400. The topological polar surface area (TPSA) is 46.6 Å². The van der Waals surface area contributed by atoms with Crippen LogP contribution in [0.25, 0.3) is 5.70 Å². The lowest BCUT2D eigenvalue weighted by atomic mass is 10.1. The highest BCUT2D eigenvalue weighted by Crippen LogP contribution is 2.24. The van der Waals surface area contributed by atoms with Gasteiger partial charge in [-0.05, 0) is 12.1 Å². The molecule has 0 aliphatic carbocycles. The third-order valence-corrected chi connectivity index (χ3v) is 3.40. The zero-order chi connectivity index (χ0) is 15.4. The molecule has 0 saturated heterocycles. The van der Waals surface area contributed by atoms with Gasteiger partial charge in [0.1, 0.15) is 0 Å². The average Bonchev–Trinajstić information content (AvgIpc) is 2.58. The lowest BCUT2D eigenvalue weighted by Gasteiger charge is -2.28. The fourth-order valence-electron chi connectivity index (χ4n) is 2.29. The summed E-state index contributed by atoms with van der Waals surface area (Å²) in [5.41, 5.74) is 1.93. The summed E-state index contributed by atoms with van der Waals surface area (Å²) in [7, 11) is 0. The highest BCUT2D eigenvalue weighted by Gasteiger charge is 2.23. The molecule has 2 aromatic rings. The number of allylic oxidation sites excluding steroid dienone is 1. The molecular weight excluding hydrogens is 278 g/mol. The Morgan fingerprint density at radius 2 is 1.59 bits per heavy atom. The Morgan fingerprint density at radius 1 is 0.955 bits per heavy atom. The molecule has 0 spiro atoms. The molecule has 1 aliphatic heterocycles. The van der Waals surface area contributed by atoms with Crippen LogP contribution in [0.2, 0.25) is 0 Å². The van der Waals surface area contributed by atoms with Gasteiger partial charge in [0.2, 0.25) is 0 Å². The molecular formula is C18H15NO3. The Balaban J connectivity index is 1.84. The maximum Gasteiger partial charge on any atom is 0.363 e. The van der Waals surface area contributed by atoms with Gasteiger partial charge in [-0.2, -0.15) is 0 Å². The van der Waals surface area contributed by atoms with E-state index in [2.05, 4.69) is 0 Å². The van der Waals surface area contributed by atoms with E-state index in [9.17, 15) is 9.59 Å². The van der Waals surface area contributed by atoms with Crippen molar-refractivity contribution in [3.8, 4) is 0 Å². The van der Waals surface area contributed by atoms with Gasteiger partial charge in [0, 0.05) is 18.1 Å². The van der Waals surface area contributed by atoms with Crippen molar-refractivity contribution in [1.82, 2.24) is 5.06 Å². The van der Waals surface area contributed by atoms with Crippen molar-refractivity contribution in [2.45, 2.75) is 6.42 Å². The smallest absolute Gasteiger partial charge is 0.335 e. The molecule has 2 aromatic carbocycles. The third-order valence-electron chi connectivity index (χ3n) is 3.40. The minimum atomic E-state index is -0.434. The van der Waals surface area contributed by atoms with Gasteiger partial charge in [0.15, 0.2) is 5.78 Å². The number of rotatable bonds is 3.